The largest absolute Gasteiger partial charge is 0.477 e. The fourth-order valence-corrected chi connectivity index (χ4v) is 0.573. The number of rotatable bonds is 3. The van der Waals surface area contributed by atoms with Crippen LogP contribution in [0.5, 0.6) is 0 Å². The van der Waals surface area contributed by atoms with E-state index in [9.17, 15) is 4.79 Å². The smallest absolute Gasteiger partial charge is 0.351 e. The van der Waals surface area contributed by atoms with Crippen LogP contribution in [0.2, 0.25) is 0 Å². The summed E-state index contributed by atoms with van der Waals surface area (Å²) in [6, 6.07) is 0. The van der Waals surface area contributed by atoms with Crippen molar-refractivity contribution in [3.63, 3.8) is 0 Å². The minimum atomic E-state index is -1.07. The van der Waals surface area contributed by atoms with Gasteiger partial charge >= 0.3 is 5.97 Å². The van der Waals surface area contributed by atoms with Gasteiger partial charge in [-0.2, -0.15) is 5.10 Å². The molecule has 0 aliphatic rings. The molecule has 0 aromatic carbocycles. The Bertz CT molecular complexity index is 215. The number of aliphatic carboxylic acids is 1. The van der Waals surface area contributed by atoms with E-state index >= 15 is 0 Å². The zero-order valence-corrected chi connectivity index (χ0v) is 7.73. The van der Waals surface area contributed by atoms with Gasteiger partial charge in [-0.15, -0.1) is 0 Å². The maximum atomic E-state index is 10.2. The van der Waals surface area contributed by atoms with Gasteiger partial charge in [-0.1, -0.05) is 0 Å². The average molecular weight is 189 g/mol. The molecule has 3 N–H and O–H groups in total. The molecule has 0 unspecified atom stereocenters. The van der Waals surface area contributed by atoms with Crippen LogP contribution in [0.3, 0.4) is 0 Å². The average Bonchev–Trinajstić information content (AvgIpc) is 2.00. The van der Waals surface area contributed by atoms with Crippen molar-refractivity contribution in [2.24, 2.45) is 5.10 Å². The van der Waals surface area contributed by atoms with Crippen LogP contribution in [0.1, 0.15) is 13.8 Å². The molecule has 0 atom stereocenters. The second-order valence-electron chi connectivity index (χ2n) is 1.97. The SMILES string of the molecule is CCNC(=S)N/N=C(/C)C(=O)O. The molecule has 0 amide bonds. The summed E-state index contributed by atoms with van der Waals surface area (Å²) < 4.78 is 0. The van der Waals surface area contributed by atoms with Crippen LogP contribution in [-0.2, 0) is 4.79 Å². The van der Waals surface area contributed by atoms with Crippen LogP contribution in [0.25, 0.3) is 0 Å². The van der Waals surface area contributed by atoms with Gasteiger partial charge in [-0.25, -0.2) is 4.79 Å². The Hall–Kier alpha value is -1.17. The Balaban J connectivity index is 3.87. The number of carbonyl (C=O) groups is 1. The lowest BCUT2D eigenvalue weighted by atomic mass is 10.4. The van der Waals surface area contributed by atoms with Crippen molar-refractivity contribution in [1.29, 1.82) is 0 Å². The number of carboxylic acid groups (broad SMARTS) is 1. The molecular formula is C6H11N3O2S. The van der Waals surface area contributed by atoms with Crippen LogP contribution in [-0.4, -0.2) is 28.4 Å². The monoisotopic (exact) mass is 189 g/mol. The topological polar surface area (TPSA) is 73.7 Å². The van der Waals surface area contributed by atoms with Crippen LogP contribution in [0, 0.1) is 0 Å². The molecule has 12 heavy (non-hydrogen) atoms. The Morgan fingerprint density at radius 1 is 1.67 bits per heavy atom. The molecule has 0 aromatic heterocycles. The van der Waals surface area contributed by atoms with Crippen molar-refractivity contribution >= 4 is 29.0 Å². The fourth-order valence-electron chi connectivity index (χ4n) is 0.383. The quantitative estimate of drug-likeness (QED) is 0.329. The van der Waals surface area contributed by atoms with Gasteiger partial charge in [0, 0.05) is 6.54 Å². The molecule has 0 aromatic rings. The summed E-state index contributed by atoms with van der Waals surface area (Å²) in [5, 5.41) is 15.0. The predicted octanol–water partition coefficient (Wildman–Crippen LogP) is -0.0691. The van der Waals surface area contributed by atoms with Gasteiger partial charge in [-0.05, 0) is 26.1 Å². The number of hydrogen-bond acceptors (Lipinski definition) is 3. The van der Waals surface area contributed by atoms with Crippen molar-refractivity contribution in [1.82, 2.24) is 10.7 Å². The third-order valence-corrected chi connectivity index (χ3v) is 1.21. The summed E-state index contributed by atoms with van der Waals surface area (Å²) >= 11 is 4.74. The van der Waals surface area contributed by atoms with Gasteiger partial charge in [0.1, 0.15) is 5.71 Å². The summed E-state index contributed by atoms with van der Waals surface area (Å²) in [4.78, 5) is 10.2. The van der Waals surface area contributed by atoms with E-state index in [1.54, 1.807) is 0 Å². The molecule has 0 rings (SSSR count). The number of thiocarbonyl (C=S) groups is 1. The number of nitrogens with one attached hydrogen (secondary N) is 2. The first-order chi connectivity index (χ1) is 5.57. The molecule has 0 saturated heterocycles. The molecule has 0 radical (unpaired) electrons. The summed E-state index contributed by atoms with van der Waals surface area (Å²) in [5.41, 5.74) is 2.36. The van der Waals surface area contributed by atoms with E-state index in [1.807, 2.05) is 6.92 Å². The molecule has 0 saturated carbocycles. The van der Waals surface area contributed by atoms with E-state index in [-0.39, 0.29) is 5.71 Å². The fraction of sp³-hybridized carbons (Fsp3) is 0.500. The maximum absolute atomic E-state index is 10.2. The van der Waals surface area contributed by atoms with E-state index in [0.717, 1.165) is 0 Å². The standard InChI is InChI=1S/C6H11N3O2S/c1-3-7-6(12)9-8-4(2)5(10)11/h3H2,1-2H3,(H,10,11)(H2,7,9,12)/b8-4-. The molecule has 0 spiro atoms. The first-order valence-electron chi connectivity index (χ1n) is 3.39. The summed E-state index contributed by atoms with van der Waals surface area (Å²) in [6.07, 6.45) is 0. The molecule has 0 aliphatic carbocycles. The third kappa shape index (κ3) is 4.62. The van der Waals surface area contributed by atoms with E-state index in [2.05, 4.69) is 15.8 Å². The minimum Gasteiger partial charge on any atom is -0.477 e. The molecule has 5 nitrogen and oxygen atoms in total. The second-order valence-corrected chi connectivity index (χ2v) is 2.38. The first-order valence-corrected chi connectivity index (χ1v) is 3.80. The van der Waals surface area contributed by atoms with Gasteiger partial charge in [-0.3, -0.25) is 5.43 Å². The highest BCUT2D eigenvalue weighted by atomic mass is 32.1. The molecule has 0 bridgehead atoms. The van der Waals surface area contributed by atoms with E-state index < -0.39 is 5.97 Å². The maximum Gasteiger partial charge on any atom is 0.351 e. The zero-order valence-electron chi connectivity index (χ0n) is 6.92. The van der Waals surface area contributed by atoms with Crippen LogP contribution in [0.15, 0.2) is 5.10 Å². The highest BCUT2D eigenvalue weighted by molar-refractivity contribution is 7.80. The highest BCUT2D eigenvalue weighted by Gasteiger charge is 2.00. The lowest BCUT2D eigenvalue weighted by Crippen LogP contribution is -2.32. The Morgan fingerprint density at radius 2 is 2.25 bits per heavy atom. The highest BCUT2D eigenvalue weighted by Crippen LogP contribution is 1.74. The van der Waals surface area contributed by atoms with Crippen molar-refractivity contribution in [3.05, 3.63) is 0 Å². The number of nitrogens with zero attached hydrogens (tertiary/aromatic N) is 1. The molecule has 0 aliphatic heterocycles. The lowest BCUT2D eigenvalue weighted by molar-refractivity contribution is -0.129. The van der Waals surface area contributed by atoms with Crippen LogP contribution < -0.4 is 10.7 Å². The van der Waals surface area contributed by atoms with Crippen molar-refractivity contribution in [3.8, 4) is 0 Å². The van der Waals surface area contributed by atoms with Gasteiger partial charge in [0.05, 0.1) is 0 Å². The minimum absolute atomic E-state index is 0.0322. The number of carboxylic acids is 1. The molecule has 0 heterocycles. The van der Waals surface area contributed by atoms with Gasteiger partial charge in [0.2, 0.25) is 0 Å². The van der Waals surface area contributed by atoms with Gasteiger partial charge < -0.3 is 10.4 Å². The zero-order chi connectivity index (χ0) is 9.56. The van der Waals surface area contributed by atoms with Crippen LogP contribution in [0.4, 0.5) is 0 Å². The number of hydrogen-bond donors (Lipinski definition) is 3. The van der Waals surface area contributed by atoms with Crippen LogP contribution >= 0.6 is 12.2 Å². The summed E-state index contributed by atoms with van der Waals surface area (Å²) in [7, 11) is 0. The number of hydrazone groups is 1. The van der Waals surface area contributed by atoms with Crippen molar-refractivity contribution < 1.29 is 9.90 Å². The molecule has 6 heteroatoms. The van der Waals surface area contributed by atoms with E-state index in [0.29, 0.717) is 11.7 Å². The molecule has 0 fully saturated rings. The molecular weight excluding hydrogens is 178 g/mol. The molecule has 68 valence electrons. The summed E-state index contributed by atoms with van der Waals surface area (Å²) in [6.45, 7) is 3.93. The van der Waals surface area contributed by atoms with Crippen molar-refractivity contribution in [2.75, 3.05) is 6.54 Å². The lowest BCUT2D eigenvalue weighted by Gasteiger charge is -2.02. The summed E-state index contributed by atoms with van der Waals surface area (Å²) in [5.74, 6) is -1.07. The normalized spacial score (nSPS) is 10.7. The Labute approximate surface area is 75.8 Å². The first kappa shape index (κ1) is 10.8. The predicted molar refractivity (Wildman–Crippen MR) is 50.2 cm³/mol. The van der Waals surface area contributed by atoms with Gasteiger partial charge in [0.15, 0.2) is 5.11 Å². The third-order valence-electron chi connectivity index (χ3n) is 0.972. The van der Waals surface area contributed by atoms with E-state index in [1.165, 1.54) is 6.92 Å². The van der Waals surface area contributed by atoms with E-state index in [4.69, 9.17) is 17.3 Å². The Kier molecular flexibility index (Phi) is 4.94. The Morgan fingerprint density at radius 3 is 2.67 bits per heavy atom. The second kappa shape index (κ2) is 5.48. The van der Waals surface area contributed by atoms with Crippen molar-refractivity contribution in [2.45, 2.75) is 13.8 Å². The van der Waals surface area contributed by atoms with Gasteiger partial charge in [0.25, 0.3) is 0 Å².